The van der Waals surface area contributed by atoms with Crippen molar-refractivity contribution in [3.8, 4) is 5.75 Å². The fourth-order valence-electron chi connectivity index (χ4n) is 3.05. The van der Waals surface area contributed by atoms with Crippen molar-refractivity contribution >= 4 is 32.7 Å². The second kappa shape index (κ2) is 7.89. The van der Waals surface area contributed by atoms with E-state index in [0.717, 1.165) is 16.8 Å². The minimum atomic E-state index is -0.146. The second-order valence-corrected chi connectivity index (χ2v) is 7.50. The Kier molecular flexibility index (Phi) is 5.17. The minimum Gasteiger partial charge on any atom is -0.490 e. The van der Waals surface area contributed by atoms with Crippen LogP contribution in [-0.2, 0) is 0 Å². The summed E-state index contributed by atoms with van der Waals surface area (Å²) in [5, 5.41) is 6.88. The number of amides is 2. The van der Waals surface area contributed by atoms with Crippen LogP contribution in [-0.4, -0.2) is 53.2 Å². The van der Waals surface area contributed by atoms with Gasteiger partial charge in [-0.05, 0) is 36.8 Å². The van der Waals surface area contributed by atoms with Crippen LogP contribution in [0, 0.1) is 6.92 Å². The number of aryl methyl sites for hydroxylation is 1. The Bertz CT molecular complexity index is 930. The highest BCUT2D eigenvalue weighted by molar-refractivity contribution is 7.22. The molecule has 1 aliphatic rings. The average molecular weight is 383 g/mol. The van der Waals surface area contributed by atoms with Crippen LogP contribution in [0.5, 0.6) is 5.75 Å². The molecule has 1 unspecified atom stereocenters. The molecule has 8 heteroatoms. The van der Waals surface area contributed by atoms with E-state index in [1.807, 2.05) is 36.1 Å². The first kappa shape index (κ1) is 17.7. The Morgan fingerprint density at radius 1 is 1.44 bits per heavy atom. The molecule has 2 aromatic heterocycles. The average Bonchev–Trinajstić information content (AvgIpc) is 3.08. The standard InChI is InChI=1S/C19H21N5O2S/c1-13-4-5-16-17(9-13)27-18(22-16)23-19(25)24-8-7-21-10-14(24)12-26-15-3-2-6-20-11-15/h2-6,9,11,14,21H,7-8,10,12H2,1H3,(H,22,23,25). The zero-order valence-corrected chi connectivity index (χ0v) is 15.8. The number of rotatable bonds is 4. The molecule has 0 spiro atoms. The lowest BCUT2D eigenvalue weighted by Gasteiger charge is -2.35. The first-order chi connectivity index (χ1) is 13.2. The second-order valence-electron chi connectivity index (χ2n) is 6.47. The van der Waals surface area contributed by atoms with E-state index in [-0.39, 0.29) is 12.1 Å². The van der Waals surface area contributed by atoms with Crippen LogP contribution in [0.15, 0.2) is 42.7 Å². The van der Waals surface area contributed by atoms with Crippen molar-refractivity contribution in [2.75, 3.05) is 31.6 Å². The van der Waals surface area contributed by atoms with Gasteiger partial charge in [0.1, 0.15) is 12.4 Å². The molecule has 2 N–H and O–H groups in total. The van der Waals surface area contributed by atoms with E-state index in [0.29, 0.717) is 30.6 Å². The molecule has 1 atom stereocenters. The Morgan fingerprint density at radius 3 is 3.22 bits per heavy atom. The molecule has 1 saturated heterocycles. The number of hydrogen-bond acceptors (Lipinski definition) is 6. The summed E-state index contributed by atoms with van der Waals surface area (Å²) >= 11 is 1.49. The summed E-state index contributed by atoms with van der Waals surface area (Å²) in [4.78, 5) is 23.2. The molecule has 3 aromatic rings. The summed E-state index contributed by atoms with van der Waals surface area (Å²) in [7, 11) is 0. The van der Waals surface area contributed by atoms with Gasteiger partial charge in [-0.1, -0.05) is 17.4 Å². The van der Waals surface area contributed by atoms with Crippen molar-refractivity contribution in [1.82, 2.24) is 20.2 Å². The van der Waals surface area contributed by atoms with Crippen molar-refractivity contribution in [1.29, 1.82) is 0 Å². The van der Waals surface area contributed by atoms with Crippen LogP contribution in [0.1, 0.15) is 5.56 Å². The van der Waals surface area contributed by atoms with Gasteiger partial charge in [0, 0.05) is 25.8 Å². The van der Waals surface area contributed by atoms with Gasteiger partial charge in [0.2, 0.25) is 0 Å². The van der Waals surface area contributed by atoms with Gasteiger partial charge < -0.3 is 15.0 Å². The molecule has 1 aliphatic heterocycles. The van der Waals surface area contributed by atoms with Crippen LogP contribution in [0.3, 0.4) is 0 Å². The number of piperazine rings is 1. The number of aromatic nitrogens is 2. The predicted octanol–water partition coefficient (Wildman–Crippen LogP) is 2.88. The molecule has 7 nitrogen and oxygen atoms in total. The number of nitrogens with one attached hydrogen (secondary N) is 2. The maximum absolute atomic E-state index is 12.8. The van der Waals surface area contributed by atoms with E-state index in [1.165, 1.54) is 16.9 Å². The molecule has 27 heavy (non-hydrogen) atoms. The summed E-state index contributed by atoms with van der Waals surface area (Å²) in [5.41, 5.74) is 2.08. The third-order valence-electron chi connectivity index (χ3n) is 4.45. The Hall–Kier alpha value is -2.71. The summed E-state index contributed by atoms with van der Waals surface area (Å²) in [6, 6.07) is 9.56. The Balaban J connectivity index is 1.43. The quantitative estimate of drug-likeness (QED) is 0.724. The number of hydrogen-bond donors (Lipinski definition) is 2. The molecular formula is C19H21N5O2S. The monoisotopic (exact) mass is 383 g/mol. The van der Waals surface area contributed by atoms with Gasteiger partial charge in [0.05, 0.1) is 22.5 Å². The van der Waals surface area contributed by atoms with Crippen LogP contribution in [0.2, 0.25) is 0 Å². The van der Waals surface area contributed by atoms with Crippen LogP contribution >= 0.6 is 11.3 Å². The fraction of sp³-hybridized carbons (Fsp3) is 0.316. The number of ether oxygens (including phenoxy) is 1. The third-order valence-corrected chi connectivity index (χ3v) is 5.38. The van der Waals surface area contributed by atoms with Gasteiger partial charge in [0.25, 0.3) is 0 Å². The zero-order valence-electron chi connectivity index (χ0n) is 15.0. The number of anilines is 1. The first-order valence-corrected chi connectivity index (χ1v) is 9.69. The number of thiazole rings is 1. The van der Waals surface area contributed by atoms with Gasteiger partial charge in [-0.3, -0.25) is 10.3 Å². The number of benzene rings is 1. The normalized spacial score (nSPS) is 17.1. The van der Waals surface area contributed by atoms with E-state index in [4.69, 9.17) is 4.74 Å². The van der Waals surface area contributed by atoms with Crippen LogP contribution in [0.4, 0.5) is 9.93 Å². The third kappa shape index (κ3) is 4.17. The molecule has 1 fully saturated rings. The van der Waals surface area contributed by atoms with Crippen molar-refractivity contribution in [3.05, 3.63) is 48.3 Å². The minimum absolute atomic E-state index is 0.0596. The maximum atomic E-state index is 12.8. The van der Waals surface area contributed by atoms with Crippen molar-refractivity contribution in [2.24, 2.45) is 0 Å². The van der Waals surface area contributed by atoms with Crippen LogP contribution < -0.4 is 15.4 Å². The SMILES string of the molecule is Cc1ccc2nc(NC(=O)N3CCNCC3COc3cccnc3)sc2c1. The number of pyridine rings is 1. The zero-order chi connectivity index (χ0) is 18.6. The van der Waals surface area contributed by atoms with Gasteiger partial charge in [-0.15, -0.1) is 0 Å². The smallest absolute Gasteiger partial charge is 0.324 e. The van der Waals surface area contributed by atoms with Gasteiger partial charge >= 0.3 is 6.03 Å². The predicted molar refractivity (Wildman–Crippen MR) is 106 cm³/mol. The molecule has 0 bridgehead atoms. The van der Waals surface area contributed by atoms with Crippen molar-refractivity contribution < 1.29 is 9.53 Å². The number of nitrogens with zero attached hydrogens (tertiary/aromatic N) is 3. The summed E-state index contributed by atoms with van der Waals surface area (Å²) in [6.45, 7) is 4.52. The lowest BCUT2D eigenvalue weighted by Crippen LogP contribution is -2.57. The molecular weight excluding hydrogens is 362 g/mol. The van der Waals surface area contributed by atoms with Crippen molar-refractivity contribution in [3.63, 3.8) is 0 Å². The van der Waals surface area contributed by atoms with E-state index >= 15 is 0 Å². The molecule has 4 rings (SSSR count). The Labute approximate surface area is 161 Å². The van der Waals surface area contributed by atoms with Gasteiger partial charge in [0.15, 0.2) is 5.13 Å². The molecule has 0 radical (unpaired) electrons. The fourth-order valence-corrected chi connectivity index (χ4v) is 4.00. The number of fused-ring (bicyclic) bond motifs is 1. The largest absolute Gasteiger partial charge is 0.490 e. The van der Waals surface area contributed by atoms with E-state index in [1.54, 1.807) is 12.4 Å². The highest BCUT2D eigenvalue weighted by atomic mass is 32.1. The van der Waals surface area contributed by atoms with Gasteiger partial charge in [-0.25, -0.2) is 9.78 Å². The van der Waals surface area contributed by atoms with E-state index in [2.05, 4.69) is 26.7 Å². The molecule has 1 aromatic carbocycles. The number of carbonyl (C=O) groups is 1. The summed E-state index contributed by atoms with van der Waals surface area (Å²) in [5.74, 6) is 0.699. The Morgan fingerprint density at radius 2 is 2.37 bits per heavy atom. The van der Waals surface area contributed by atoms with E-state index in [9.17, 15) is 4.79 Å². The lowest BCUT2D eigenvalue weighted by atomic mass is 10.2. The number of urea groups is 1. The summed E-state index contributed by atoms with van der Waals surface area (Å²) < 4.78 is 6.87. The molecule has 0 aliphatic carbocycles. The van der Waals surface area contributed by atoms with Crippen LogP contribution in [0.25, 0.3) is 10.2 Å². The molecule has 2 amide bonds. The first-order valence-electron chi connectivity index (χ1n) is 8.87. The molecule has 3 heterocycles. The van der Waals surface area contributed by atoms with Gasteiger partial charge in [-0.2, -0.15) is 0 Å². The molecule has 0 saturated carbocycles. The van der Waals surface area contributed by atoms with E-state index < -0.39 is 0 Å². The highest BCUT2D eigenvalue weighted by Crippen LogP contribution is 2.27. The van der Waals surface area contributed by atoms with Crippen molar-refractivity contribution in [2.45, 2.75) is 13.0 Å². The maximum Gasteiger partial charge on any atom is 0.324 e. The number of carbonyl (C=O) groups excluding carboxylic acids is 1. The topological polar surface area (TPSA) is 79.4 Å². The highest BCUT2D eigenvalue weighted by Gasteiger charge is 2.27. The lowest BCUT2D eigenvalue weighted by molar-refractivity contribution is 0.133. The molecule has 140 valence electrons. The summed E-state index contributed by atoms with van der Waals surface area (Å²) in [6.07, 6.45) is 3.37.